The van der Waals surface area contributed by atoms with Crippen molar-refractivity contribution in [2.45, 2.75) is 59.2 Å². The minimum absolute atomic E-state index is 0.0696. The van der Waals surface area contributed by atoms with E-state index in [-0.39, 0.29) is 16.4 Å². The van der Waals surface area contributed by atoms with Crippen LogP contribution < -0.4 is 4.74 Å². The molecule has 0 aliphatic heterocycles. The Balaban J connectivity index is 1.09. The van der Waals surface area contributed by atoms with Crippen LogP contribution in [-0.2, 0) is 37.2 Å². The van der Waals surface area contributed by atoms with Gasteiger partial charge in [0.1, 0.15) is 0 Å². The van der Waals surface area contributed by atoms with E-state index in [1.807, 2.05) is 69.8 Å². The van der Waals surface area contributed by atoms with E-state index in [9.17, 15) is 0 Å². The molecule has 5 aromatic heterocycles. The van der Waals surface area contributed by atoms with Gasteiger partial charge in [0, 0.05) is 37.4 Å². The number of imidazole rings is 1. The number of aryl methyl sites for hydroxylation is 2. The van der Waals surface area contributed by atoms with Crippen LogP contribution in [0, 0.1) is 22.8 Å². The molecule has 0 spiro atoms. The summed E-state index contributed by atoms with van der Waals surface area (Å²) in [5.74, 6) is 1.25. The molecule has 0 atom stereocenters. The molecule has 0 aliphatic rings. The van der Waals surface area contributed by atoms with Crippen LogP contribution in [0.3, 0.4) is 0 Å². The molecular formula is C58H47N5OPt-2. The van der Waals surface area contributed by atoms with Gasteiger partial charge in [0.15, 0.2) is 0 Å². The number of ether oxygens (including phenoxy) is 1. The van der Waals surface area contributed by atoms with Crippen LogP contribution in [0.4, 0.5) is 0 Å². The summed E-state index contributed by atoms with van der Waals surface area (Å²) in [4.78, 5) is 5.10. The maximum atomic E-state index is 8.87. The van der Waals surface area contributed by atoms with Gasteiger partial charge in [-0.1, -0.05) is 81.4 Å². The summed E-state index contributed by atoms with van der Waals surface area (Å²) in [6.07, 6.45) is 1.68. The molecule has 0 aliphatic carbocycles. The average Bonchev–Trinajstić information content (AvgIpc) is 4.03. The second-order valence-corrected chi connectivity index (χ2v) is 20.2. The van der Waals surface area contributed by atoms with Crippen molar-refractivity contribution >= 4 is 70.9 Å². The number of aromatic nitrogens is 5. The van der Waals surface area contributed by atoms with Gasteiger partial charge in [-0.3, -0.25) is 0 Å². The Bertz CT molecular complexity index is 4220. The molecule has 6 nitrogen and oxygen atoms in total. The molecule has 5 heterocycles. The van der Waals surface area contributed by atoms with Crippen molar-refractivity contribution in [2.24, 2.45) is 6.98 Å². The molecular weight excluding hydrogens is 978 g/mol. The quantitative estimate of drug-likeness (QED) is 0.161. The second kappa shape index (κ2) is 14.1. The van der Waals surface area contributed by atoms with Crippen molar-refractivity contribution < 1.29 is 32.3 Å². The summed E-state index contributed by atoms with van der Waals surface area (Å²) >= 11 is 2.08. The van der Waals surface area contributed by atoms with Gasteiger partial charge in [0.25, 0.3) is 0 Å². The molecule has 0 saturated heterocycles. The van der Waals surface area contributed by atoms with Crippen LogP contribution in [0.15, 0.2) is 140 Å². The van der Waals surface area contributed by atoms with Crippen LogP contribution in [0.25, 0.3) is 93.6 Å². The first-order chi connectivity index (χ1) is 33.6. The van der Waals surface area contributed by atoms with Gasteiger partial charge >= 0.3 is 224 Å². The number of hydrogen-bond donors (Lipinski definition) is 0. The van der Waals surface area contributed by atoms with Crippen molar-refractivity contribution in [2.75, 3.05) is 0 Å². The minimum Gasteiger partial charge on any atom is -0.0579 e. The zero-order chi connectivity index (χ0) is 49.7. The Morgan fingerprint density at radius 3 is 2.05 bits per heavy atom. The molecule has 0 saturated carbocycles. The van der Waals surface area contributed by atoms with Gasteiger partial charge in [-0.2, -0.15) is 0 Å². The third kappa shape index (κ3) is 6.10. The number of hydrogen-bond acceptors (Lipinski definition) is 2. The van der Waals surface area contributed by atoms with Gasteiger partial charge in [0.05, 0.1) is 16.6 Å². The molecule has 0 unspecified atom stereocenters. The van der Waals surface area contributed by atoms with Crippen LogP contribution in [0.5, 0.6) is 11.5 Å². The molecule has 322 valence electrons. The van der Waals surface area contributed by atoms with E-state index in [2.05, 4.69) is 144 Å². The topological polar surface area (TPSA) is 41.3 Å². The van der Waals surface area contributed by atoms with Gasteiger partial charge in [-0.25, -0.2) is 0 Å². The number of pyridine rings is 1. The second-order valence-electron chi connectivity index (χ2n) is 19.1. The Labute approximate surface area is 397 Å². The van der Waals surface area contributed by atoms with E-state index < -0.39 is 13.8 Å². The molecule has 7 aromatic carbocycles. The monoisotopic (exact) mass is 1030 g/mol. The maximum absolute atomic E-state index is 8.87. The zero-order valence-electron chi connectivity index (χ0n) is 42.7. The summed E-state index contributed by atoms with van der Waals surface area (Å²) < 4.78 is 66.8. The summed E-state index contributed by atoms with van der Waals surface area (Å²) in [7, 11) is 0. The van der Waals surface area contributed by atoms with E-state index in [0.717, 1.165) is 65.8 Å². The van der Waals surface area contributed by atoms with Crippen LogP contribution in [0.1, 0.15) is 66.5 Å². The predicted octanol–water partition coefficient (Wildman–Crippen LogP) is 14.7. The van der Waals surface area contributed by atoms with Crippen molar-refractivity contribution in [1.82, 2.24) is 23.1 Å². The smallest absolute Gasteiger partial charge is 0.0579 e. The fraction of sp³-hybridized carbons (Fsp3) is 0.172. The molecule has 65 heavy (non-hydrogen) atoms. The predicted molar refractivity (Wildman–Crippen MR) is 264 cm³/mol. The van der Waals surface area contributed by atoms with E-state index in [4.69, 9.17) is 17.9 Å². The van der Waals surface area contributed by atoms with E-state index in [0.29, 0.717) is 43.4 Å². The third-order valence-electron chi connectivity index (χ3n) is 13.0. The Morgan fingerprint density at radius 2 is 1.29 bits per heavy atom. The van der Waals surface area contributed by atoms with Crippen molar-refractivity contribution in [3.8, 4) is 34.1 Å². The normalized spacial score (nSPS) is 14.5. The number of fused-ring (bicyclic) bond motifs is 10. The summed E-state index contributed by atoms with van der Waals surface area (Å²) in [6.45, 7) is 7.95. The molecule has 0 radical (unpaired) electrons. The standard InChI is InChI=1S/C58H47N5O.Pt/c1-35-26-55(59-33-48(35)36-20-22-37(23-21-36)57(2,3)4)62-52-30-40(64-41-28-38(58(5,6)7)27-39(29-41)61-34-60(8)50-18-11-12-19-51(50)61)24-25-43(52)46-31-47-45-16-13-15-44-42-14-9-10-17-49(42)63(56(44)45)54(47)32-53(46)62;/h9-28,31-33H,1-8H3;/q-2;/i1D3,8D3;. The van der Waals surface area contributed by atoms with E-state index >= 15 is 0 Å². The molecule has 12 aromatic rings. The van der Waals surface area contributed by atoms with Gasteiger partial charge in [-0.15, -0.1) is 0 Å². The number of rotatable bonds is 5. The van der Waals surface area contributed by atoms with Gasteiger partial charge < -0.3 is 4.40 Å². The summed E-state index contributed by atoms with van der Waals surface area (Å²) in [5, 5.41) is 6.44. The molecule has 0 N–H and O–H groups in total. The van der Waals surface area contributed by atoms with Crippen molar-refractivity contribution in [3.05, 3.63) is 172 Å². The minimum atomic E-state index is -2.47. The molecule has 0 amide bonds. The molecule has 7 heteroatoms. The van der Waals surface area contributed by atoms with Crippen LogP contribution >= 0.6 is 0 Å². The molecule has 0 fully saturated rings. The average molecular weight is 1030 g/mol. The molecule has 12 rings (SSSR count). The van der Waals surface area contributed by atoms with Crippen LogP contribution in [-0.4, -0.2) is 23.1 Å². The van der Waals surface area contributed by atoms with Gasteiger partial charge in [0.2, 0.25) is 0 Å². The van der Waals surface area contributed by atoms with Crippen molar-refractivity contribution in [3.63, 3.8) is 0 Å². The van der Waals surface area contributed by atoms with Crippen LogP contribution in [0.2, 0.25) is 0 Å². The first-order valence-corrected chi connectivity index (χ1v) is 22.9. The number of para-hydroxylation sites is 4. The number of benzene rings is 7. The Kier molecular flexibility index (Phi) is 7.33. The first kappa shape index (κ1) is 33.7. The zero-order valence-corrected chi connectivity index (χ0v) is 39.0. The summed E-state index contributed by atoms with van der Waals surface area (Å²) in [5.41, 5.74) is 9.91. The molecule has 0 bridgehead atoms. The van der Waals surface area contributed by atoms with Gasteiger partial charge in [-0.05, 0) is 35.0 Å². The first-order valence-electron chi connectivity index (χ1n) is 24.8. The van der Waals surface area contributed by atoms with E-state index in [1.54, 1.807) is 12.3 Å². The van der Waals surface area contributed by atoms with E-state index in [1.165, 1.54) is 15.3 Å². The fourth-order valence-corrected chi connectivity index (χ4v) is 10.5. The Morgan fingerprint density at radius 1 is 0.585 bits per heavy atom. The number of nitrogens with zero attached hydrogens (tertiary/aromatic N) is 5. The van der Waals surface area contributed by atoms with Crippen molar-refractivity contribution in [1.29, 1.82) is 0 Å². The Hall–Kier alpha value is -6.75. The SMILES string of the molecule is [2H]C([2H])([2H])c1cc(-n2c3[c-]c(Oc4[c-]c(-n5[c](=[Pt])n(C([2H])([2H])[2H])c6ccccc65)cc(C(C)(C)C)c4)ccc3c3cc4c5cccc6c7ccccc7n(c4cc32)c65)ncc1-c1ccc(C(C)(C)C)cc1. The fourth-order valence-electron chi connectivity index (χ4n) is 9.69. The summed E-state index contributed by atoms with van der Waals surface area (Å²) in [6, 6.07) is 51.7. The third-order valence-corrected chi connectivity index (χ3v) is 14.1.